The van der Waals surface area contributed by atoms with Crippen molar-refractivity contribution in [3.63, 3.8) is 0 Å². The van der Waals surface area contributed by atoms with Crippen molar-refractivity contribution >= 4 is 11.8 Å². The van der Waals surface area contributed by atoms with Crippen LogP contribution >= 0.6 is 0 Å². The molecule has 2 amide bonds. The second-order valence-electron chi connectivity index (χ2n) is 5.61. The summed E-state index contributed by atoms with van der Waals surface area (Å²) in [7, 11) is 0. The highest BCUT2D eigenvalue weighted by atomic mass is 16.2. The minimum atomic E-state index is -0.373. The van der Waals surface area contributed by atoms with Crippen molar-refractivity contribution in [2.75, 3.05) is 6.54 Å². The molecule has 0 aromatic rings. The third-order valence-electron chi connectivity index (χ3n) is 3.39. The number of nitrogens with one attached hydrogen (secondary N) is 1. The molecular weight excluding hydrogens is 228 g/mol. The van der Waals surface area contributed by atoms with Gasteiger partial charge in [0.1, 0.15) is 12.1 Å². The Morgan fingerprint density at radius 1 is 1.28 bits per heavy atom. The highest BCUT2D eigenvalue weighted by molar-refractivity contribution is 5.96. The average Bonchev–Trinajstić information content (AvgIpc) is 2.29. The molecule has 1 N–H and O–H groups in total. The zero-order valence-corrected chi connectivity index (χ0v) is 12.0. The molecule has 0 aromatic carbocycles. The van der Waals surface area contributed by atoms with E-state index in [2.05, 4.69) is 26.1 Å². The van der Waals surface area contributed by atoms with Gasteiger partial charge in [-0.3, -0.25) is 9.59 Å². The van der Waals surface area contributed by atoms with E-state index in [9.17, 15) is 9.59 Å². The van der Waals surface area contributed by atoms with Crippen LogP contribution in [0.4, 0.5) is 0 Å². The number of rotatable bonds is 6. The molecule has 0 saturated carbocycles. The molecule has 2 unspecified atom stereocenters. The van der Waals surface area contributed by atoms with Crippen LogP contribution in [0.2, 0.25) is 0 Å². The molecule has 1 aliphatic rings. The van der Waals surface area contributed by atoms with Gasteiger partial charge in [-0.2, -0.15) is 0 Å². The second-order valence-corrected chi connectivity index (χ2v) is 5.61. The fourth-order valence-corrected chi connectivity index (χ4v) is 2.39. The fourth-order valence-electron chi connectivity index (χ4n) is 2.39. The molecule has 18 heavy (non-hydrogen) atoms. The fraction of sp³-hybridized carbons (Fsp3) is 0.857. The third kappa shape index (κ3) is 3.72. The Hall–Kier alpha value is -1.06. The first kappa shape index (κ1) is 15.0. The van der Waals surface area contributed by atoms with E-state index in [4.69, 9.17) is 0 Å². The highest BCUT2D eigenvalue weighted by Crippen LogP contribution is 2.18. The lowest BCUT2D eigenvalue weighted by Gasteiger charge is -2.38. The van der Waals surface area contributed by atoms with Crippen LogP contribution in [0.25, 0.3) is 0 Å². The van der Waals surface area contributed by atoms with Gasteiger partial charge in [0.2, 0.25) is 11.8 Å². The van der Waals surface area contributed by atoms with Crippen molar-refractivity contribution in [1.82, 2.24) is 10.2 Å². The second kappa shape index (κ2) is 6.76. The molecular formula is C14H26N2O2. The first-order chi connectivity index (χ1) is 8.47. The molecule has 0 aliphatic carbocycles. The lowest BCUT2D eigenvalue weighted by atomic mass is 9.98. The number of piperazine rings is 1. The van der Waals surface area contributed by atoms with Gasteiger partial charge >= 0.3 is 0 Å². The molecule has 104 valence electrons. The van der Waals surface area contributed by atoms with Crippen LogP contribution in [-0.4, -0.2) is 35.3 Å². The standard InChI is InChI=1S/C14H26N2O2/c1-5-6-7-8-16-12(9-10(2)3)13(17)15-11(4)14(16)18/h10-12H,5-9H2,1-4H3,(H,15,17). The molecule has 4 nitrogen and oxygen atoms in total. The number of nitrogens with zero attached hydrogens (tertiary/aromatic N) is 1. The predicted molar refractivity (Wildman–Crippen MR) is 72.1 cm³/mol. The van der Waals surface area contributed by atoms with Gasteiger partial charge in [0, 0.05) is 6.54 Å². The third-order valence-corrected chi connectivity index (χ3v) is 3.39. The molecule has 4 heteroatoms. The molecule has 0 spiro atoms. The molecule has 1 rings (SSSR count). The quantitative estimate of drug-likeness (QED) is 0.736. The number of carbonyl (C=O) groups is 2. The summed E-state index contributed by atoms with van der Waals surface area (Å²) in [5.41, 5.74) is 0. The van der Waals surface area contributed by atoms with Gasteiger partial charge in [-0.1, -0.05) is 33.6 Å². The number of hydrogen-bond acceptors (Lipinski definition) is 2. The molecule has 1 heterocycles. The van der Waals surface area contributed by atoms with Gasteiger partial charge in [0.25, 0.3) is 0 Å². The maximum atomic E-state index is 12.2. The van der Waals surface area contributed by atoms with E-state index in [1.165, 1.54) is 0 Å². The normalized spacial score (nSPS) is 24.6. The molecule has 2 atom stereocenters. The summed E-state index contributed by atoms with van der Waals surface area (Å²) in [4.78, 5) is 26.0. The summed E-state index contributed by atoms with van der Waals surface area (Å²) in [6.07, 6.45) is 3.96. The van der Waals surface area contributed by atoms with Crippen LogP contribution in [0.15, 0.2) is 0 Å². The monoisotopic (exact) mass is 254 g/mol. The number of hydrogen-bond donors (Lipinski definition) is 1. The van der Waals surface area contributed by atoms with Crippen molar-refractivity contribution in [2.45, 2.75) is 65.5 Å². The zero-order valence-electron chi connectivity index (χ0n) is 12.0. The molecule has 0 radical (unpaired) electrons. The van der Waals surface area contributed by atoms with Crippen LogP contribution in [0, 0.1) is 5.92 Å². The van der Waals surface area contributed by atoms with Crippen LogP contribution in [0.3, 0.4) is 0 Å². The van der Waals surface area contributed by atoms with Gasteiger partial charge in [0.15, 0.2) is 0 Å². The van der Waals surface area contributed by atoms with E-state index in [0.717, 1.165) is 25.7 Å². The Morgan fingerprint density at radius 3 is 2.50 bits per heavy atom. The number of carbonyl (C=O) groups excluding carboxylic acids is 2. The van der Waals surface area contributed by atoms with E-state index >= 15 is 0 Å². The van der Waals surface area contributed by atoms with Crippen LogP contribution in [0.5, 0.6) is 0 Å². The zero-order chi connectivity index (χ0) is 13.7. The summed E-state index contributed by atoms with van der Waals surface area (Å²) < 4.78 is 0. The van der Waals surface area contributed by atoms with E-state index < -0.39 is 0 Å². The lowest BCUT2D eigenvalue weighted by Crippen LogP contribution is -2.62. The molecule has 0 bridgehead atoms. The van der Waals surface area contributed by atoms with E-state index in [-0.39, 0.29) is 23.9 Å². The topological polar surface area (TPSA) is 49.4 Å². The minimum absolute atomic E-state index is 0.00676. The summed E-state index contributed by atoms with van der Waals surface area (Å²) >= 11 is 0. The van der Waals surface area contributed by atoms with Crippen molar-refractivity contribution in [3.8, 4) is 0 Å². The Bertz CT molecular complexity index is 302. The average molecular weight is 254 g/mol. The van der Waals surface area contributed by atoms with Crippen molar-refractivity contribution < 1.29 is 9.59 Å². The Morgan fingerprint density at radius 2 is 1.94 bits per heavy atom. The van der Waals surface area contributed by atoms with Crippen molar-refractivity contribution in [3.05, 3.63) is 0 Å². The predicted octanol–water partition coefficient (Wildman–Crippen LogP) is 1.94. The molecule has 1 saturated heterocycles. The number of unbranched alkanes of at least 4 members (excludes halogenated alkanes) is 2. The van der Waals surface area contributed by atoms with Gasteiger partial charge in [0.05, 0.1) is 0 Å². The summed E-state index contributed by atoms with van der Waals surface area (Å²) in [5.74, 6) is 0.485. The lowest BCUT2D eigenvalue weighted by molar-refractivity contribution is -0.149. The van der Waals surface area contributed by atoms with E-state index in [1.54, 1.807) is 11.8 Å². The Labute approximate surface area is 110 Å². The SMILES string of the molecule is CCCCCN1C(=O)C(C)NC(=O)C1CC(C)C. The smallest absolute Gasteiger partial charge is 0.245 e. The van der Waals surface area contributed by atoms with Crippen molar-refractivity contribution in [2.24, 2.45) is 5.92 Å². The van der Waals surface area contributed by atoms with Gasteiger partial charge < -0.3 is 10.2 Å². The first-order valence-electron chi connectivity index (χ1n) is 7.08. The summed E-state index contributed by atoms with van der Waals surface area (Å²) in [6, 6.07) is -0.645. The maximum Gasteiger partial charge on any atom is 0.245 e. The Kier molecular flexibility index (Phi) is 5.63. The van der Waals surface area contributed by atoms with E-state index in [1.807, 2.05) is 0 Å². The molecule has 1 aliphatic heterocycles. The van der Waals surface area contributed by atoms with Crippen LogP contribution < -0.4 is 5.32 Å². The van der Waals surface area contributed by atoms with Crippen LogP contribution in [0.1, 0.15) is 53.4 Å². The summed E-state index contributed by atoms with van der Waals surface area (Å²) in [5, 5.41) is 2.77. The van der Waals surface area contributed by atoms with Gasteiger partial charge in [-0.15, -0.1) is 0 Å². The van der Waals surface area contributed by atoms with E-state index in [0.29, 0.717) is 12.5 Å². The Balaban J connectivity index is 2.73. The van der Waals surface area contributed by atoms with Crippen molar-refractivity contribution in [1.29, 1.82) is 0 Å². The molecule has 0 aromatic heterocycles. The summed E-state index contributed by atoms with van der Waals surface area (Å²) in [6.45, 7) is 8.78. The minimum Gasteiger partial charge on any atom is -0.343 e. The van der Waals surface area contributed by atoms with Gasteiger partial charge in [-0.25, -0.2) is 0 Å². The largest absolute Gasteiger partial charge is 0.343 e. The first-order valence-corrected chi connectivity index (χ1v) is 7.08. The maximum absolute atomic E-state index is 12.2. The van der Waals surface area contributed by atoms with Gasteiger partial charge in [-0.05, 0) is 25.7 Å². The highest BCUT2D eigenvalue weighted by Gasteiger charge is 2.38. The molecule has 1 fully saturated rings. The number of amides is 2. The van der Waals surface area contributed by atoms with Crippen LogP contribution in [-0.2, 0) is 9.59 Å².